The van der Waals surface area contributed by atoms with Gasteiger partial charge in [-0.05, 0) is 30.5 Å². The molecular formula is C23H22N2O3S. The number of ether oxygens (including phenoxy) is 3. The van der Waals surface area contributed by atoms with Crippen LogP contribution < -0.4 is 14.2 Å². The summed E-state index contributed by atoms with van der Waals surface area (Å²) in [5.74, 6) is 2.62. The third kappa shape index (κ3) is 3.40. The van der Waals surface area contributed by atoms with Crippen LogP contribution in [-0.2, 0) is 0 Å². The molecule has 1 heterocycles. The van der Waals surface area contributed by atoms with Crippen LogP contribution in [0.25, 0.3) is 28.1 Å². The third-order valence-corrected chi connectivity index (χ3v) is 5.56. The van der Waals surface area contributed by atoms with E-state index in [4.69, 9.17) is 19.2 Å². The van der Waals surface area contributed by atoms with E-state index in [2.05, 4.69) is 41.2 Å². The Morgan fingerprint density at radius 1 is 0.828 bits per heavy atom. The van der Waals surface area contributed by atoms with Gasteiger partial charge in [-0.25, -0.2) is 4.98 Å². The SMILES string of the molecule is COc1cc(-n2c(-c3ccc(SC)cc3)nc3ccccc32)cc(OC)c1OC. The highest BCUT2D eigenvalue weighted by Gasteiger charge is 2.19. The number of nitrogens with zero attached hydrogens (tertiary/aromatic N) is 2. The second kappa shape index (κ2) is 8.09. The molecule has 3 aromatic carbocycles. The van der Waals surface area contributed by atoms with E-state index in [-0.39, 0.29) is 0 Å². The molecule has 0 radical (unpaired) electrons. The molecule has 0 fully saturated rings. The molecule has 6 heteroatoms. The highest BCUT2D eigenvalue weighted by molar-refractivity contribution is 7.98. The first-order valence-electron chi connectivity index (χ1n) is 9.12. The zero-order valence-corrected chi connectivity index (χ0v) is 17.6. The molecule has 5 nitrogen and oxygen atoms in total. The van der Waals surface area contributed by atoms with Gasteiger partial charge in [0.25, 0.3) is 0 Å². The van der Waals surface area contributed by atoms with Gasteiger partial charge in [0, 0.05) is 22.6 Å². The molecule has 148 valence electrons. The van der Waals surface area contributed by atoms with Gasteiger partial charge in [0.2, 0.25) is 5.75 Å². The molecule has 4 aromatic rings. The molecule has 0 bridgehead atoms. The van der Waals surface area contributed by atoms with Crippen LogP contribution >= 0.6 is 11.8 Å². The van der Waals surface area contributed by atoms with Gasteiger partial charge in [0.05, 0.1) is 38.1 Å². The molecule has 0 aliphatic carbocycles. The molecule has 0 aliphatic rings. The van der Waals surface area contributed by atoms with Crippen LogP contribution in [0.2, 0.25) is 0 Å². The summed E-state index contributed by atoms with van der Waals surface area (Å²) in [5, 5.41) is 0. The summed E-state index contributed by atoms with van der Waals surface area (Å²) in [6.07, 6.45) is 2.07. The van der Waals surface area contributed by atoms with E-state index in [0.717, 1.165) is 28.1 Å². The van der Waals surface area contributed by atoms with Crippen molar-refractivity contribution in [1.29, 1.82) is 0 Å². The van der Waals surface area contributed by atoms with Crippen molar-refractivity contribution in [3.63, 3.8) is 0 Å². The highest BCUT2D eigenvalue weighted by Crippen LogP contribution is 2.41. The molecular weight excluding hydrogens is 384 g/mol. The summed E-state index contributed by atoms with van der Waals surface area (Å²) in [4.78, 5) is 6.12. The topological polar surface area (TPSA) is 45.5 Å². The van der Waals surface area contributed by atoms with Crippen LogP contribution in [-0.4, -0.2) is 37.1 Å². The summed E-state index contributed by atoms with van der Waals surface area (Å²) >= 11 is 1.72. The first-order chi connectivity index (χ1) is 14.2. The fourth-order valence-electron chi connectivity index (χ4n) is 3.42. The minimum Gasteiger partial charge on any atom is -0.493 e. The Kier molecular flexibility index (Phi) is 5.36. The van der Waals surface area contributed by atoms with E-state index in [1.807, 2.05) is 30.3 Å². The van der Waals surface area contributed by atoms with E-state index >= 15 is 0 Å². The lowest BCUT2D eigenvalue weighted by Crippen LogP contribution is -2.01. The van der Waals surface area contributed by atoms with Gasteiger partial charge in [-0.2, -0.15) is 0 Å². The molecule has 0 spiro atoms. The van der Waals surface area contributed by atoms with Crippen molar-refractivity contribution >= 4 is 22.8 Å². The molecule has 0 N–H and O–H groups in total. The number of methoxy groups -OCH3 is 3. The Labute approximate surface area is 174 Å². The maximum atomic E-state index is 5.56. The summed E-state index contributed by atoms with van der Waals surface area (Å²) in [5.41, 5.74) is 3.85. The predicted octanol–water partition coefficient (Wildman–Crippen LogP) is 5.44. The first kappa shape index (κ1) is 19.2. The van der Waals surface area contributed by atoms with Gasteiger partial charge < -0.3 is 14.2 Å². The van der Waals surface area contributed by atoms with E-state index in [1.54, 1.807) is 33.1 Å². The lowest BCUT2D eigenvalue weighted by molar-refractivity contribution is 0.324. The maximum absolute atomic E-state index is 5.56. The Morgan fingerprint density at radius 3 is 2.07 bits per heavy atom. The number of hydrogen-bond acceptors (Lipinski definition) is 5. The van der Waals surface area contributed by atoms with Crippen molar-refractivity contribution in [3.8, 4) is 34.3 Å². The van der Waals surface area contributed by atoms with Gasteiger partial charge in [-0.1, -0.05) is 24.3 Å². The van der Waals surface area contributed by atoms with Crippen molar-refractivity contribution < 1.29 is 14.2 Å². The van der Waals surface area contributed by atoms with Gasteiger partial charge in [-0.15, -0.1) is 11.8 Å². The quantitative estimate of drug-likeness (QED) is 0.399. The first-order valence-corrected chi connectivity index (χ1v) is 10.3. The molecule has 4 rings (SSSR count). The van der Waals surface area contributed by atoms with E-state index < -0.39 is 0 Å². The Hall–Kier alpha value is -3.12. The minimum atomic E-state index is 0.564. The van der Waals surface area contributed by atoms with E-state index in [1.165, 1.54) is 4.90 Å². The molecule has 0 unspecified atom stereocenters. The number of benzene rings is 3. The smallest absolute Gasteiger partial charge is 0.203 e. The Morgan fingerprint density at radius 2 is 1.48 bits per heavy atom. The van der Waals surface area contributed by atoms with Crippen molar-refractivity contribution in [2.75, 3.05) is 27.6 Å². The fraction of sp³-hybridized carbons (Fsp3) is 0.174. The summed E-state index contributed by atoms with van der Waals surface area (Å²) in [6, 6.07) is 20.4. The van der Waals surface area contributed by atoms with Crippen LogP contribution in [0.4, 0.5) is 0 Å². The van der Waals surface area contributed by atoms with Crippen molar-refractivity contribution in [1.82, 2.24) is 9.55 Å². The lowest BCUT2D eigenvalue weighted by Gasteiger charge is -2.16. The monoisotopic (exact) mass is 406 g/mol. The maximum Gasteiger partial charge on any atom is 0.203 e. The van der Waals surface area contributed by atoms with E-state index in [0.29, 0.717) is 17.2 Å². The van der Waals surface area contributed by atoms with Crippen LogP contribution in [0.1, 0.15) is 0 Å². The predicted molar refractivity (Wildman–Crippen MR) is 118 cm³/mol. The van der Waals surface area contributed by atoms with Crippen molar-refractivity contribution in [2.24, 2.45) is 0 Å². The summed E-state index contributed by atoms with van der Waals surface area (Å²) in [7, 11) is 4.84. The average molecular weight is 407 g/mol. The van der Waals surface area contributed by atoms with Crippen LogP contribution in [0, 0.1) is 0 Å². The molecule has 29 heavy (non-hydrogen) atoms. The van der Waals surface area contributed by atoms with E-state index in [9.17, 15) is 0 Å². The minimum absolute atomic E-state index is 0.564. The van der Waals surface area contributed by atoms with Crippen LogP contribution in [0.15, 0.2) is 65.6 Å². The largest absolute Gasteiger partial charge is 0.493 e. The van der Waals surface area contributed by atoms with Crippen molar-refractivity contribution in [3.05, 3.63) is 60.7 Å². The zero-order chi connectivity index (χ0) is 20.4. The molecule has 0 aliphatic heterocycles. The third-order valence-electron chi connectivity index (χ3n) is 4.82. The number of imidazole rings is 1. The standard InChI is InChI=1S/C23H22N2O3S/c1-26-20-13-16(14-21(27-2)22(20)28-3)25-19-8-6-5-7-18(19)24-23(25)15-9-11-17(29-4)12-10-15/h5-14H,1-4H3. The normalized spacial score (nSPS) is 10.9. The number of fused-ring (bicyclic) bond motifs is 1. The highest BCUT2D eigenvalue weighted by atomic mass is 32.2. The summed E-state index contributed by atoms with van der Waals surface area (Å²) < 4.78 is 18.7. The second-order valence-electron chi connectivity index (χ2n) is 6.37. The Balaban J connectivity index is 2.00. The Bertz CT molecular complexity index is 1130. The average Bonchev–Trinajstić information content (AvgIpc) is 3.17. The number of thioether (sulfide) groups is 1. The second-order valence-corrected chi connectivity index (χ2v) is 7.25. The zero-order valence-electron chi connectivity index (χ0n) is 16.8. The van der Waals surface area contributed by atoms with Gasteiger partial charge >= 0.3 is 0 Å². The fourth-order valence-corrected chi connectivity index (χ4v) is 3.83. The van der Waals surface area contributed by atoms with Gasteiger partial charge in [0.15, 0.2) is 11.5 Å². The van der Waals surface area contributed by atoms with Crippen LogP contribution in [0.3, 0.4) is 0 Å². The number of para-hydroxylation sites is 2. The molecule has 1 aromatic heterocycles. The lowest BCUT2D eigenvalue weighted by atomic mass is 10.2. The molecule has 0 saturated heterocycles. The van der Waals surface area contributed by atoms with Crippen molar-refractivity contribution in [2.45, 2.75) is 4.90 Å². The van der Waals surface area contributed by atoms with Crippen LogP contribution in [0.5, 0.6) is 17.2 Å². The van der Waals surface area contributed by atoms with Gasteiger partial charge in [0.1, 0.15) is 5.82 Å². The number of rotatable bonds is 6. The molecule has 0 amide bonds. The number of hydrogen-bond donors (Lipinski definition) is 0. The molecule has 0 saturated carbocycles. The molecule has 0 atom stereocenters. The van der Waals surface area contributed by atoms with Gasteiger partial charge in [-0.3, -0.25) is 4.57 Å². The summed E-state index contributed by atoms with van der Waals surface area (Å²) in [6.45, 7) is 0. The number of aromatic nitrogens is 2.